The Kier molecular flexibility index (Phi) is 6.29. The van der Waals surface area contributed by atoms with E-state index in [0.29, 0.717) is 11.4 Å². The van der Waals surface area contributed by atoms with Crippen molar-refractivity contribution in [2.75, 3.05) is 12.4 Å². The van der Waals surface area contributed by atoms with Crippen molar-refractivity contribution in [1.29, 1.82) is 5.26 Å². The van der Waals surface area contributed by atoms with E-state index >= 15 is 0 Å². The molecule has 0 aliphatic rings. The van der Waals surface area contributed by atoms with E-state index in [1.807, 2.05) is 19.2 Å². The molecule has 0 unspecified atom stereocenters. The van der Waals surface area contributed by atoms with Gasteiger partial charge in [0.15, 0.2) is 23.1 Å². The molecule has 4 aromatic rings. The molecule has 4 rings (SSSR count). The predicted molar refractivity (Wildman–Crippen MR) is 121 cm³/mol. The van der Waals surface area contributed by atoms with Crippen molar-refractivity contribution in [1.82, 2.24) is 19.3 Å². The van der Waals surface area contributed by atoms with Crippen LogP contribution in [0.4, 0.5) is 24.5 Å². The summed E-state index contributed by atoms with van der Waals surface area (Å²) in [6.07, 6.45) is 3.47. The SMILES string of the molecule is COc1cc(Nc2cc(C#N)nn([C@@H](C)c3cc(F)c(F)c(F)c3)c2=O)ccc1-n1cnc(C)c1. The van der Waals surface area contributed by atoms with Gasteiger partial charge in [-0.3, -0.25) is 4.79 Å². The van der Waals surface area contributed by atoms with Crippen LogP contribution in [0.25, 0.3) is 5.69 Å². The molecular formula is C24H19F3N6O2. The van der Waals surface area contributed by atoms with E-state index < -0.39 is 29.1 Å². The number of halogens is 3. The van der Waals surface area contributed by atoms with Gasteiger partial charge in [-0.05, 0) is 43.7 Å². The van der Waals surface area contributed by atoms with Gasteiger partial charge in [0.1, 0.15) is 17.5 Å². The van der Waals surface area contributed by atoms with Crippen molar-refractivity contribution in [3.05, 3.63) is 93.7 Å². The summed E-state index contributed by atoms with van der Waals surface area (Å²) in [4.78, 5) is 17.4. The van der Waals surface area contributed by atoms with E-state index in [1.165, 1.54) is 20.1 Å². The first-order valence-electron chi connectivity index (χ1n) is 10.4. The number of aryl methyl sites for hydroxylation is 1. The second-order valence-corrected chi connectivity index (χ2v) is 7.71. The molecule has 2 heterocycles. The van der Waals surface area contributed by atoms with Gasteiger partial charge in [0.2, 0.25) is 0 Å². The summed E-state index contributed by atoms with van der Waals surface area (Å²) in [7, 11) is 1.50. The maximum Gasteiger partial charge on any atom is 0.291 e. The van der Waals surface area contributed by atoms with Crippen molar-refractivity contribution in [2.45, 2.75) is 19.9 Å². The third-order valence-corrected chi connectivity index (χ3v) is 5.35. The minimum atomic E-state index is -1.61. The van der Waals surface area contributed by atoms with Gasteiger partial charge in [0.05, 0.1) is 30.9 Å². The Morgan fingerprint density at radius 1 is 1.14 bits per heavy atom. The molecule has 1 atom stereocenters. The van der Waals surface area contributed by atoms with E-state index in [1.54, 1.807) is 29.1 Å². The average Bonchev–Trinajstić information content (AvgIpc) is 3.28. The molecule has 178 valence electrons. The van der Waals surface area contributed by atoms with Crippen LogP contribution in [-0.2, 0) is 0 Å². The number of methoxy groups -OCH3 is 1. The average molecular weight is 480 g/mol. The number of imidazole rings is 1. The van der Waals surface area contributed by atoms with Crippen LogP contribution in [0.1, 0.15) is 29.9 Å². The van der Waals surface area contributed by atoms with Gasteiger partial charge in [-0.1, -0.05) is 0 Å². The third kappa shape index (κ3) is 4.59. The summed E-state index contributed by atoms with van der Waals surface area (Å²) in [6.45, 7) is 3.31. The summed E-state index contributed by atoms with van der Waals surface area (Å²) in [5.41, 5.74) is 1.23. The molecule has 0 amide bonds. The van der Waals surface area contributed by atoms with E-state index in [-0.39, 0.29) is 16.9 Å². The number of rotatable bonds is 6. The lowest BCUT2D eigenvalue weighted by Gasteiger charge is -2.17. The molecule has 1 N–H and O–H groups in total. The van der Waals surface area contributed by atoms with Gasteiger partial charge in [-0.2, -0.15) is 10.4 Å². The fourth-order valence-corrected chi connectivity index (χ4v) is 3.55. The monoisotopic (exact) mass is 480 g/mol. The van der Waals surface area contributed by atoms with E-state index in [4.69, 9.17) is 4.74 Å². The second-order valence-electron chi connectivity index (χ2n) is 7.71. The Morgan fingerprint density at radius 2 is 1.86 bits per heavy atom. The zero-order valence-electron chi connectivity index (χ0n) is 18.9. The maximum absolute atomic E-state index is 13.8. The third-order valence-electron chi connectivity index (χ3n) is 5.35. The second kappa shape index (κ2) is 9.34. The van der Waals surface area contributed by atoms with Crippen LogP contribution >= 0.6 is 0 Å². The summed E-state index contributed by atoms with van der Waals surface area (Å²) >= 11 is 0. The van der Waals surface area contributed by atoms with Gasteiger partial charge >= 0.3 is 0 Å². The van der Waals surface area contributed by atoms with Crippen LogP contribution in [0.5, 0.6) is 5.75 Å². The highest BCUT2D eigenvalue weighted by molar-refractivity contribution is 5.65. The van der Waals surface area contributed by atoms with Crippen molar-refractivity contribution >= 4 is 11.4 Å². The Bertz CT molecular complexity index is 1500. The highest BCUT2D eigenvalue weighted by atomic mass is 19.2. The molecule has 0 saturated carbocycles. The fourth-order valence-electron chi connectivity index (χ4n) is 3.55. The van der Waals surface area contributed by atoms with Crippen molar-refractivity contribution < 1.29 is 17.9 Å². The van der Waals surface area contributed by atoms with Gasteiger partial charge in [0, 0.05) is 24.0 Å². The molecule has 0 fully saturated rings. The van der Waals surface area contributed by atoms with Crippen LogP contribution in [0.15, 0.2) is 53.7 Å². The first-order chi connectivity index (χ1) is 16.7. The molecule has 0 radical (unpaired) electrons. The normalized spacial score (nSPS) is 11.7. The molecule has 2 aromatic carbocycles. The van der Waals surface area contributed by atoms with Gasteiger partial charge < -0.3 is 14.6 Å². The van der Waals surface area contributed by atoms with Crippen LogP contribution in [0.2, 0.25) is 0 Å². The van der Waals surface area contributed by atoms with E-state index in [9.17, 15) is 23.2 Å². The number of aromatic nitrogens is 4. The summed E-state index contributed by atoms with van der Waals surface area (Å²) in [5, 5.41) is 16.3. The molecule has 0 bridgehead atoms. The van der Waals surface area contributed by atoms with Crippen molar-refractivity contribution in [3.63, 3.8) is 0 Å². The minimum absolute atomic E-state index is 0.000246. The largest absolute Gasteiger partial charge is 0.494 e. The summed E-state index contributed by atoms with van der Waals surface area (Å²) < 4.78 is 49.1. The highest BCUT2D eigenvalue weighted by Gasteiger charge is 2.20. The van der Waals surface area contributed by atoms with Crippen LogP contribution < -0.4 is 15.6 Å². The quantitative estimate of drug-likeness (QED) is 0.411. The fraction of sp³-hybridized carbons (Fsp3) is 0.167. The molecular weight excluding hydrogens is 461 g/mol. The molecule has 35 heavy (non-hydrogen) atoms. The number of anilines is 2. The molecule has 2 aromatic heterocycles. The number of ether oxygens (including phenoxy) is 1. The Labute approximate surface area is 197 Å². The lowest BCUT2D eigenvalue weighted by Crippen LogP contribution is -2.29. The van der Waals surface area contributed by atoms with Gasteiger partial charge in [0.25, 0.3) is 5.56 Å². The molecule has 0 aliphatic carbocycles. The Morgan fingerprint density at radius 3 is 2.46 bits per heavy atom. The summed E-state index contributed by atoms with van der Waals surface area (Å²) in [6, 6.07) is 8.82. The molecule has 0 aliphatic heterocycles. The molecule has 11 heteroatoms. The number of nitrogens with zero attached hydrogens (tertiary/aromatic N) is 5. The lowest BCUT2D eigenvalue weighted by molar-refractivity contribution is 0.413. The van der Waals surface area contributed by atoms with E-state index in [0.717, 1.165) is 28.2 Å². The molecule has 8 nitrogen and oxygen atoms in total. The number of hydrogen-bond acceptors (Lipinski definition) is 6. The smallest absolute Gasteiger partial charge is 0.291 e. The Balaban J connectivity index is 1.73. The number of benzene rings is 2. The van der Waals surface area contributed by atoms with E-state index in [2.05, 4.69) is 15.4 Å². The first kappa shape index (κ1) is 23.6. The zero-order chi connectivity index (χ0) is 25.3. The minimum Gasteiger partial charge on any atom is -0.494 e. The van der Waals surface area contributed by atoms with Crippen LogP contribution in [0, 0.1) is 35.7 Å². The Hall–Kier alpha value is -4.59. The standard InChI is InChI=1S/C24H19F3N6O2/c1-13-11-32(12-29-13)21-5-4-16(9-22(21)35-3)30-20-8-17(10-28)31-33(24(20)34)14(2)15-6-18(25)23(27)19(26)7-15/h4-9,11-12,14,30H,1-3H3/t14-/m0/s1. The first-order valence-corrected chi connectivity index (χ1v) is 10.4. The maximum atomic E-state index is 13.8. The summed E-state index contributed by atoms with van der Waals surface area (Å²) in [5.74, 6) is -3.91. The predicted octanol–water partition coefficient (Wildman–Crippen LogP) is 4.39. The molecule has 0 saturated heterocycles. The van der Waals surface area contributed by atoms with Gasteiger partial charge in [-0.15, -0.1) is 0 Å². The highest BCUT2D eigenvalue weighted by Crippen LogP contribution is 2.28. The number of hydrogen-bond donors (Lipinski definition) is 1. The van der Waals surface area contributed by atoms with Crippen LogP contribution in [-0.4, -0.2) is 26.4 Å². The number of nitrogens with one attached hydrogen (secondary N) is 1. The number of nitriles is 1. The van der Waals surface area contributed by atoms with Crippen molar-refractivity contribution in [2.24, 2.45) is 0 Å². The topological polar surface area (TPSA) is 97.8 Å². The van der Waals surface area contributed by atoms with Crippen molar-refractivity contribution in [3.8, 4) is 17.5 Å². The van der Waals surface area contributed by atoms with Gasteiger partial charge in [-0.25, -0.2) is 22.8 Å². The molecule has 0 spiro atoms. The lowest BCUT2D eigenvalue weighted by atomic mass is 10.1. The van der Waals surface area contributed by atoms with Crippen LogP contribution in [0.3, 0.4) is 0 Å². The zero-order valence-corrected chi connectivity index (χ0v) is 18.9.